The molecule has 0 radical (unpaired) electrons. The van der Waals surface area contributed by atoms with Crippen LogP contribution in [0.2, 0.25) is 0 Å². The van der Waals surface area contributed by atoms with E-state index in [1.807, 2.05) is 5.32 Å². The zero-order valence-electron chi connectivity index (χ0n) is 11.1. The Morgan fingerprint density at radius 2 is 1.60 bits per heavy atom. The van der Waals surface area contributed by atoms with Crippen molar-refractivity contribution in [2.75, 3.05) is 0 Å². The van der Waals surface area contributed by atoms with Gasteiger partial charge >= 0.3 is 12.1 Å². The Morgan fingerprint density at radius 1 is 1.05 bits per heavy atom. The predicted octanol–water partition coefficient (Wildman–Crippen LogP) is 2.62. The van der Waals surface area contributed by atoms with Crippen molar-refractivity contribution in [3.63, 3.8) is 0 Å². The summed E-state index contributed by atoms with van der Waals surface area (Å²) < 4.78 is 38.3. The number of hydrogen-bond donors (Lipinski definition) is 2. The first-order chi connectivity index (χ1) is 9.21. The molecule has 0 unspecified atom stereocenters. The van der Waals surface area contributed by atoms with Gasteiger partial charge in [0, 0.05) is 6.42 Å². The van der Waals surface area contributed by atoms with Crippen LogP contribution in [0, 0.1) is 5.41 Å². The van der Waals surface area contributed by atoms with Crippen molar-refractivity contribution in [1.29, 1.82) is 0 Å². The minimum atomic E-state index is -4.47. The molecule has 2 rings (SSSR count). The summed E-state index contributed by atoms with van der Waals surface area (Å²) in [4.78, 5) is 23.2. The molecule has 20 heavy (non-hydrogen) atoms. The first-order valence-electron chi connectivity index (χ1n) is 6.82. The van der Waals surface area contributed by atoms with Crippen LogP contribution in [0.5, 0.6) is 0 Å². The molecule has 0 aliphatic heterocycles. The van der Waals surface area contributed by atoms with E-state index in [1.165, 1.54) is 0 Å². The van der Waals surface area contributed by atoms with Gasteiger partial charge in [-0.3, -0.25) is 9.59 Å². The second-order valence-corrected chi connectivity index (χ2v) is 5.95. The average Bonchev–Trinajstić information content (AvgIpc) is 3.10. The smallest absolute Gasteiger partial charge is 0.411 e. The molecule has 0 saturated heterocycles. The SMILES string of the molecule is O=C(CC1(C(=O)O)CCCCC1)NC1(C(F)(F)F)CC1. The summed E-state index contributed by atoms with van der Waals surface area (Å²) in [5.41, 5.74) is -3.30. The number of amides is 1. The molecule has 7 heteroatoms. The molecule has 0 aromatic carbocycles. The summed E-state index contributed by atoms with van der Waals surface area (Å²) >= 11 is 0. The Hall–Kier alpha value is -1.27. The normalized spacial score (nSPS) is 23.9. The van der Waals surface area contributed by atoms with Gasteiger partial charge in [0.1, 0.15) is 5.54 Å². The number of carboxylic acids is 1. The molecule has 114 valence electrons. The molecule has 4 nitrogen and oxygen atoms in total. The maximum atomic E-state index is 12.8. The van der Waals surface area contributed by atoms with Crippen molar-refractivity contribution in [3.05, 3.63) is 0 Å². The van der Waals surface area contributed by atoms with E-state index in [-0.39, 0.29) is 19.3 Å². The Labute approximate surface area is 114 Å². The van der Waals surface area contributed by atoms with E-state index in [4.69, 9.17) is 0 Å². The number of rotatable bonds is 4. The van der Waals surface area contributed by atoms with Crippen molar-refractivity contribution in [1.82, 2.24) is 5.32 Å². The molecule has 0 bridgehead atoms. The summed E-state index contributed by atoms with van der Waals surface area (Å²) in [5, 5.41) is 11.3. The molecule has 0 spiro atoms. The second kappa shape index (κ2) is 4.93. The van der Waals surface area contributed by atoms with Crippen LogP contribution in [-0.4, -0.2) is 28.7 Å². The van der Waals surface area contributed by atoms with Gasteiger partial charge in [0.2, 0.25) is 5.91 Å². The third-order valence-corrected chi connectivity index (χ3v) is 4.43. The molecule has 0 heterocycles. The van der Waals surface area contributed by atoms with Gasteiger partial charge in [-0.15, -0.1) is 0 Å². The standard InChI is InChI=1S/C13H18F3NO3/c14-13(15,16)12(6-7-12)17-9(18)8-11(10(19)20)4-2-1-3-5-11/h1-8H2,(H,17,18)(H,19,20). The molecule has 0 aromatic heterocycles. The van der Waals surface area contributed by atoms with Gasteiger partial charge in [-0.1, -0.05) is 19.3 Å². The number of carboxylic acid groups (broad SMARTS) is 1. The molecule has 2 fully saturated rings. The van der Waals surface area contributed by atoms with E-state index < -0.39 is 29.0 Å². The molecule has 2 saturated carbocycles. The van der Waals surface area contributed by atoms with Gasteiger partial charge in [-0.25, -0.2) is 0 Å². The van der Waals surface area contributed by atoms with Gasteiger partial charge in [0.15, 0.2) is 0 Å². The lowest BCUT2D eigenvalue weighted by Gasteiger charge is -2.33. The van der Waals surface area contributed by atoms with Crippen LogP contribution < -0.4 is 5.32 Å². The summed E-state index contributed by atoms with van der Waals surface area (Å²) in [6, 6.07) is 0. The van der Waals surface area contributed by atoms with Crippen molar-refractivity contribution in [2.45, 2.75) is 63.1 Å². The Kier molecular flexibility index (Phi) is 3.73. The molecule has 2 aliphatic carbocycles. The summed E-state index contributed by atoms with van der Waals surface area (Å²) in [6.45, 7) is 0. The quantitative estimate of drug-likeness (QED) is 0.837. The lowest BCUT2D eigenvalue weighted by Crippen LogP contribution is -2.50. The third-order valence-electron chi connectivity index (χ3n) is 4.43. The van der Waals surface area contributed by atoms with Crippen molar-refractivity contribution < 1.29 is 27.9 Å². The van der Waals surface area contributed by atoms with Gasteiger partial charge in [-0.05, 0) is 25.7 Å². The zero-order chi connectivity index (χ0) is 15.0. The number of alkyl halides is 3. The molecule has 0 atom stereocenters. The largest absolute Gasteiger partial charge is 0.481 e. The number of hydrogen-bond acceptors (Lipinski definition) is 2. The number of halogens is 3. The minimum absolute atomic E-state index is 0.123. The van der Waals surface area contributed by atoms with E-state index >= 15 is 0 Å². The van der Waals surface area contributed by atoms with Crippen LogP contribution >= 0.6 is 0 Å². The molecular weight excluding hydrogens is 275 g/mol. The predicted molar refractivity (Wildman–Crippen MR) is 63.9 cm³/mol. The van der Waals surface area contributed by atoms with E-state index in [0.29, 0.717) is 25.7 Å². The van der Waals surface area contributed by atoms with Crippen LogP contribution in [0.1, 0.15) is 51.4 Å². The molecule has 2 N–H and O–H groups in total. The maximum absolute atomic E-state index is 12.8. The number of carbonyl (C=O) groups excluding carboxylic acids is 1. The highest BCUT2D eigenvalue weighted by Crippen LogP contribution is 2.49. The Morgan fingerprint density at radius 3 is 2.00 bits per heavy atom. The number of aliphatic carboxylic acids is 1. The third kappa shape index (κ3) is 2.76. The first kappa shape index (κ1) is 15.1. The molecule has 1 amide bonds. The van der Waals surface area contributed by atoms with Crippen LogP contribution in [0.3, 0.4) is 0 Å². The van der Waals surface area contributed by atoms with E-state index in [9.17, 15) is 27.9 Å². The van der Waals surface area contributed by atoms with Crippen molar-refractivity contribution >= 4 is 11.9 Å². The van der Waals surface area contributed by atoms with Crippen LogP contribution in [0.25, 0.3) is 0 Å². The zero-order valence-corrected chi connectivity index (χ0v) is 11.1. The average molecular weight is 293 g/mol. The minimum Gasteiger partial charge on any atom is -0.481 e. The highest BCUT2D eigenvalue weighted by atomic mass is 19.4. The highest BCUT2D eigenvalue weighted by molar-refractivity contribution is 5.85. The Balaban J connectivity index is 2.01. The first-order valence-corrected chi connectivity index (χ1v) is 6.82. The van der Waals surface area contributed by atoms with E-state index in [0.717, 1.165) is 6.42 Å². The lowest BCUT2D eigenvalue weighted by atomic mass is 9.71. The summed E-state index contributed by atoms with van der Waals surface area (Å²) in [6.07, 6.45) is -2.06. The van der Waals surface area contributed by atoms with Crippen molar-refractivity contribution in [3.8, 4) is 0 Å². The molecule has 2 aliphatic rings. The highest BCUT2D eigenvalue weighted by Gasteiger charge is 2.64. The van der Waals surface area contributed by atoms with Gasteiger partial charge < -0.3 is 10.4 Å². The maximum Gasteiger partial charge on any atom is 0.411 e. The second-order valence-electron chi connectivity index (χ2n) is 5.95. The van der Waals surface area contributed by atoms with E-state index in [2.05, 4.69) is 0 Å². The number of nitrogens with one attached hydrogen (secondary N) is 1. The van der Waals surface area contributed by atoms with Crippen LogP contribution in [-0.2, 0) is 9.59 Å². The van der Waals surface area contributed by atoms with Gasteiger partial charge in [-0.2, -0.15) is 13.2 Å². The topological polar surface area (TPSA) is 66.4 Å². The molecular formula is C13H18F3NO3. The number of carbonyl (C=O) groups is 2. The van der Waals surface area contributed by atoms with Gasteiger partial charge in [0.05, 0.1) is 5.41 Å². The fourth-order valence-electron chi connectivity index (χ4n) is 2.92. The summed E-state index contributed by atoms with van der Waals surface area (Å²) in [7, 11) is 0. The fourth-order valence-corrected chi connectivity index (χ4v) is 2.92. The van der Waals surface area contributed by atoms with Gasteiger partial charge in [0.25, 0.3) is 0 Å². The van der Waals surface area contributed by atoms with E-state index in [1.54, 1.807) is 0 Å². The molecule has 0 aromatic rings. The summed E-state index contributed by atoms with van der Waals surface area (Å²) in [5.74, 6) is -1.88. The fraction of sp³-hybridized carbons (Fsp3) is 0.846. The van der Waals surface area contributed by atoms with Crippen LogP contribution in [0.4, 0.5) is 13.2 Å². The monoisotopic (exact) mass is 293 g/mol. The van der Waals surface area contributed by atoms with Crippen molar-refractivity contribution in [2.24, 2.45) is 5.41 Å². The Bertz CT molecular complexity index is 410. The van der Waals surface area contributed by atoms with Crippen LogP contribution in [0.15, 0.2) is 0 Å². The lowest BCUT2D eigenvalue weighted by molar-refractivity contribution is -0.172.